The zero-order valence-corrected chi connectivity index (χ0v) is 11.5. The second-order valence-corrected chi connectivity index (χ2v) is 5.88. The van der Waals surface area contributed by atoms with E-state index in [9.17, 15) is 4.79 Å². The molecule has 1 fully saturated rings. The van der Waals surface area contributed by atoms with Crippen LogP contribution >= 0.6 is 0 Å². The van der Waals surface area contributed by atoms with Gasteiger partial charge in [-0.1, -0.05) is 20.8 Å². The molecule has 0 aromatic carbocycles. The Morgan fingerprint density at radius 1 is 1.12 bits per heavy atom. The summed E-state index contributed by atoms with van der Waals surface area (Å²) in [4.78, 5) is 16.5. The molecule has 0 atom stereocenters. The van der Waals surface area contributed by atoms with Gasteiger partial charge in [-0.15, -0.1) is 0 Å². The molecule has 100 valence electrons. The van der Waals surface area contributed by atoms with Crippen molar-refractivity contribution >= 4 is 5.91 Å². The van der Waals surface area contributed by atoms with Gasteiger partial charge in [0.15, 0.2) is 0 Å². The highest BCUT2D eigenvalue weighted by Gasteiger charge is 2.29. The monoisotopic (exact) mass is 241 g/mol. The molecule has 1 heterocycles. The van der Waals surface area contributed by atoms with E-state index in [1.54, 1.807) is 0 Å². The highest BCUT2D eigenvalue weighted by atomic mass is 16.2. The lowest BCUT2D eigenvalue weighted by molar-refractivity contribution is -0.141. The zero-order valence-electron chi connectivity index (χ0n) is 11.5. The fourth-order valence-electron chi connectivity index (χ4n) is 2.13. The number of carbonyl (C=O) groups is 1. The van der Waals surface area contributed by atoms with Gasteiger partial charge >= 0.3 is 0 Å². The number of unbranched alkanes of at least 4 members (excludes halogenated alkanes) is 1. The smallest absolute Gasteiger partial charge is 0.228 e. The summed E-state index contributed by atoms with van der Waals surface area (Å²) in [6, 6.07) is 0. The largest absolute Gasteiger partial charge is 0.340 e. The number of piperazine rings is 1. The third kappa shape index (κ3) is 4.64. The predicted molar refractivity (Wildman–Crippen MR) is 70.8 cm³/mol. The van der Waals surface area contributed by atoms with Crippen molar-refractivity contribution < 1.29 is 4.79 Å². The van der Waals surface area contributed by atoms with Gasteiger partial charge in [-0.25, -0.2) is 0 Å². The van der Waals surface area contributed by atoms with Gasteiger partial charge in [0, 0.05) is 31.6 Å². The van der Waals surface area contributed by atoms with Gasteiger partial charge < -0.3 is 10.6 Å². The fraction of sp³-hybridized carbons (Fsp3) is 0.923. The molecule has 0 aromatic heterocycles. The van der Waals surface area contributed by atoms with Gasteiger partial charge in [-0.05, 0) is 25.9 Å². The second kappa shape index (κ2) is 6.36. The molecule has 0 bridgehead atoms. The molecular formula is C13H27N3O. The van der Waals surface area contributed by atoms with Gasteiger partial charge in [-0.3, -0.25) is 9.69 Å². The number of nitrogens with two attached hydrogens (primary N) is 1. The van der Waals surface area contributed by atoms with E-state index in [4.69, 9.17) is 5.73 Å². The van der Waals surface area contributed by atoms with Crippen molar-refractivity contribution in [2.24, 2.45) is 11.1 Å². The van der Waals surface area contributed by atoms with Crippen LogP contribution in [0.1, 0.15) is 33.6 Å². The van der Waals surface area contributed by atoms with Gasteiger partial charge in [0.1, 0.15) is 0 Å². The molecule has 2 N–H and O–H groups in total. The zero-order chi connectivity index (χ0) is 12.9. The third-order valence-corrected chi connectivity index (χ3v) is 3.23. The van der Waals surface area contributed by atoms with Crippen molar-refractivity contribution in [2.75, 3.05) is 39.3 Å². The van der Waals surface area contributed by atoms with Gasteiger partial charge in [0.05, 0.1) is 0 Å². The molecule has 0 aromatic rings. The van der Waals surface area contributed by atoms with Crippen LogP contribution in [0, 0.1) is 5.41 Å². The summed E-state index contributed by atoms with van der Waals surface area (Å²) in [6.07, 6.45) is 2.27. The summed E-state index contributed by atoms with van der Waals surface area (Å²) in [5, 5.41) is 0. The highest BCUT2D eigenvalue weighted by Crippen LogP contribution is 2.18. The van der Waals surface area contributed by atoms with Crippen LogP contribution in [0.3, 0.4) is 0 Å². The van der Waals surface area contributed by atoms with Crippen molar-refractivity contribution in [3.8, 4) is 0 Å². The number of nitrogens with zero attached hydrogens (tertiary/aromatic N) is 2. The summed E-state index contributed by atoms with van der Waals surface area (Å²) in [7, 11) is 0. The van der Waals surface area contributed by atoms with Crippen molar-refractivity contribution in [3.63, 3.8) is 0 Å². The lowest BCUT2D eigenvalue weighted by Crippen LogP contribution is -2.51. The van der Waals surface area contributed by atoms with Crippen LogP contribution in [0.15, 0.2) is 0 Å². The molecule has 1 saturated heterocycles. The molecule has 0 spiro atoms. The average Bonchev–Trinajstić information content (AvgIpc) is 2.28. The van der Waals surface area contributed by atoms with Gasteiger partial charge in [-0.2, -0.15) is 0 Å². The first-order valence-electron chi connectivity index (χ1n) is 6.67. The van der Waals surface area contributed by atoms with Crippen LogP contribution in [0.5, 0.6) is 0 Å². The predicted octanol–water partition coefficient (Wildman–Crippen LogP) is 0.916. The third-order valence-electron chi connectivity index (χ3n) is 3.23. The van der Waals surface area contributed by atoms with Crippen LogP contribution in [0.25, 0.3) is 0 Å². The Labute approximate surface area is 105 Å². The maximum atomic E-state index is 12.1. The number of hydrogen-bond donors (Lipinski definition) is 1. The van der Waals surface area contributed by atoms with Crippen molar-refractivity contribution in [2.45, 2.75) is 33.6 Å². The first-order valence-corrected chi connectivity index (χ1v) is 6.67. The molecule has 0 radical (unpaired) electrons. The van der Waals surface area contributed by atoms with E-state index >= 15 is 0 Å². The number of rotatable bonds is 4. The van der Waals surface area contributed by atoms with E-state index in [1.165, 1.54) is 6.42 Å². The van der Waals surface area contributed by atoms with Crippen molar-refractivity contribution in [1.82, 2.24) is 9.80 Å². The Morgan fingerprint density at radius 3 is 2.18 bits per heavy atom. The molecule has 0 aliphatic carbocycles. The van der Waals surface area contributed by atoms with E-state index in [-0.39, 0.29) is 11.3 Å². The summed E-state index contributed by atoms with van der Waals surface area (Å²) in [5.74, 6) is 0.277. The highest BCUT2D eigenvalue weighted by molar-refractivity contribution is 5.81. The fourth-order valence-corrected chi connectivity index (χ4v) is 2.13. The van der Waals surface area contributed by atoms with Gasteiger partial charge in [0.2, 0.25) is 5.91 Å². The molecule has 0 saturated carbocycles. The van der Waals surface area contributed by atoms with Crippen LogP contribution in [-0.2, 0) is 4.79 Å². The van der Waals surface area contributed by atoms with Crippen LogP contribution < -0.4 is 5.73 Å². The normalized spacial score (nSPS) is 18.5. The van der Waals surface area contributed by atoms with E-state index in [1.807, 2.05) is 25.7 Å². The quantitative estimate of drug-likeness (QED) is 0.745. The maximum Gasteiger partial charge on any atom is 0.228 e. The molecule has 17 heavy (non-hydrogen) atoms. The molecule has 1 rings (SSSR count). The Kier molecular flexibility index (Phi) is 5.40. The van der Waals surface area contributed by atoms with Crippen LogP contribution in [0.2, 0.25) is 0 Å². The minimum Gasteiger partial charge on any atom is -0.340 e. The van der Waals surface area contributed by atoms with E-state index in [0.29, 0.717) is 0 Å². The molecule has 0 unspecified atom stereocenters. The van der Waals surface area contributed by atoms with Gasteiger partial charge in [0.25, 0.3) is 0 Å². The Bertz CT molecular complexity index is 240. The Morgan fingerprint density at radius 2 is 1.71 bits per heavy atom. The Hall–Kier alpha value is -0.610. The molecule has 1 aliphatic rings. The number of carbonyl (C=O) groups excluding carboxylic acids is 1. The summed E-state index contributed by atoms with van der Waals surface area (Å²) in [5.41, 5.74) is 5.23. The Balaban J connectivity index is 2.28. The first-order chi connectivity index (χ1) is 7.95. The molecule has 4 heteroatoms. The maximum absolute atomic E-state index is 12.1. The second-order valence-electron chi connectivity index (χ2n) is 5.88. The standard InChI is InChI=1S/C13H27N3O/c1-13(2,3)12(17)16-10-8-15(9-11-16)7-5-4-6-14/h4-11,14H2,1-3H3. The number of amides is 1. The SMILES string of the molecule is CC(C)(C)C(=O)N1CCN(CCCCN)CC1. The molecular weight excluding hydrogens is 214 g/mol. The van der Waals surface area contributed by atoms with Crippen molar-refractivity contribution in [1.29, 1.82) is 0 Å². The van der Waals surface area contributed by atoms with E-state index in [2.05, 4.69) is 4.90 Å². The summed E-state index contributed by atoms with van der Waals surface area (Å²) in [6.45, 7) is 11.6. The lowest BCUT2D eigenvalue weighted by Gasteiger charge is -2.37. The summed E-state index contributed by atoms with van der Waals surface area (Å²) < 4.78 is 0. The van der Waals surface area contributed by atoms with Crippen molar-refractivity contribution in [3.05, 3.63) is 0 Å². The molecule has 1 amide bonds. The van der Waals surface area contributed by atoms with E-state index in [0.717, 1.165) is 45.7 Å². The molecule has 1 aliphatic heterocycles. The minimum atomic E-state index is -0.248. The lowest BCUT2D eigenvalue weighted by atomic mass is 9.94. The van der Waals surface area contributed by atoms with Crippen LogP contribution in [-0.4, -0.2) is 55.0 Å². The molecule has 4 nitrogen and oxygen atoms in total. The minimum absolute atomic E-state index is 0.248. The summed E-state index contributed by atoms with van der Waals surface area (Å²) >= 11 is 0. The number of hydrogen-bond acceptors (Lipinski definition) is 3. The van der Waals surface area contributed by atoms with E-state index < -0.39 is 0 Å². The topological polar surface area (TPSA) is 49.6 Å². The van der Waals surface area contributed by atoms with Crippen LogP contribution in [0.4, 0.5) is 0 Å². The average molecular weight is 241 g/mol. The first kappa shape index (κ1) is 14.5.